The average molecular weight is 368 g/mol. The van der Waals surface area contributed by atoms with Crippen LogP contribution in [-0.2, 0) is 9.53 Å². The van der Waals surface area contributed by atoms with Gasteiger partial charge in [-0.2, -0.15) is 0 Å². The highest BCUT2D eigenvalue weighted by Gasteiger charge is 2.24. The van der Waals surface area contributed by atoms with Crippen molar-refractivity contribution >= 4 is 33.9 Å². The number of halogens is 1. The van der Waals surface area contributed by atoms with Crippen LogP contribution in [0.5, 0.6) is 0 Å². The van der Waals surface area contributed by atoms with Gasteiger partial charge in [0.15, 0.2) is 5.70 Å². The molecule has 2 aromatic rings. The van der Waals surface area contributed by atoms with E-state index in [4.69, 9.17) is 4.74 Å². The van der Waals surface area contributed by atoms with Crippen LogP contribution in [0.4, 0.5) is 0 Å². The summed E-state index contributed by atoms with van der Waals surface area (Å²) < 4.78 is 6.17. The summed E-state index contributed by atoms with van der Waals surface area (Å²) in [6, 6.07) is 17.4. The summed E-state index contributed by atoms with van der Waals surface area (Å²) in [5, 5.41) is 0. The van der Waals surface area contributed by atoms with Gasteiger partial charge in [0.2, 0.25) is 5.90 Å². The van der Waals surface area contributed by atoms with Crippen molar-refractivity contribution in [3.8, 4) is 0 Å². The maximum atomic E-state index is 12.0. The van der Waals surface area contributed by atoms with Crippen LogP contribution in [0.25, 0.3) is 6.08 Å². The van der Waals surface area contributed by atoms with E-state index >= 15 is 0 Å². The molecule has 0 atom stereocenters. The van der Waals surface area contributed by atoms with Crippen LogP contribution in [-0.4, -0.2) is 11.9 Å². The summed E-state index contributed by atoms with van der Waals surface area (Å²) in [4.78, 5) is 16.3. The Morgan fingerprint density at radius 3 is 2.65 bits per heavy atom. The third kappa shape index (κ3) is 3.85. The Morgan fingerprint density at radius 2 is 1.91 bits per heavy atom. The third-order valence-corrected chi connectivity index (χ3v) is 3.74. The predicted molar refractivity (Wildman–Crippen MR) is 94.9 cm³/mol. The van der Waals surface area contributed by atoms with Crippen LogP contribution in [0.2, 0.25) is 0 Å². The number of carbonyl (C=O) groups is 1. The molecule has 0 aromatic heterocycles. The molecule has 3 rings (SSSR count). The van der Waals surface area contributed by atoms with Gasteiger partial charge in [-0.05, 0) is 42.3 Å². The molecule has 1 aliphatic heterocycles. The zero-order chi connectivity index (χ0) is 16.2. The molecule has 0 N–H and O–H groups in total. The first-order valence-electron chi connectivity index (χ1n) is 7.14. The second-order valence-corrected chi connectivity index (χ2v) is 6.06. The summed E-state index contributed by atoms with van der Waals surface area (Å²) >= 11 is 3.40. The summed E-state index contributed by atoms with van der Waals surface area (Å²) in [6.45, 7) is 1.93. The van der Waals surface area contributed by atoms with Crippen molar-refractivity contribution < 1.29 is 9.53 Å². The van der Waals surface area contributed by atoms with Gasteiger partial charge in [0.05, 0.1) is 0 Å². The van der Waals surface area contributed by atoms with Gasteiger partial charge in [-0.15, -0.1) is 0 Å². The van der Waals surface area contributed by atoms with E-state index in [1.807, 2.05) is 67.6 Å². The van der Waals surface area contributed by atoms with Gasteiger partial charge in [0.1, 0.15) is 0 Å². The fraction of sp³-hybridized carbons (Fsp3) is 0.0526. The molecule has 23 heavy (non-hydrogen) atoms. The van der Waals surface area contributed by atoms with Crippen LogP contribution >= 0.6 is 15.9 Å². The number of esters is 1. The van der Waals surface area contributed by atoms with Gasteiger partial charge in [0, 0.05) is 10.0 Å². The highest BCUT2D eigenvalue weighted by Crippen LogP contribution is 2.20. The first-order chi connectivity index (χ1) is 11.1. The zero-order valence-corrected chi connectivity index (χ0v) is 14.1. The molecule has 2 aromatic carbocycles. The number of rotatable bonds is 3. The Kier molecular flexibility index (Phi) is 4.53. The third-order valence-electron chi connectivity index (χ3n) is 3.25. The topological polar surface area (TPSA) is 38.7 Å². The fourth-order valence-electron chi connectivity index (χ4n) is 2.22. The minimum absolute atomic E-state index is 0.310. The Hall–Kier alpha value is -2.46. The van der Waals surface area contributed by atoms with Crippen LogP contribution in [0.3, 0.4) is 0 Å². The molecule has 0 saturated heterocycles. The lowest BCUT2D eigenvalue weighted by Crippen LogP contribution is -2.05. The molecule has 1 heterocycles. The Bertz CT molecular complexity index is 835. The molecule has 0 radical (unpaired) electrons. The molecule has 4 heteroatoms. The van der Waals surface area contributed by atoms with Gasteiger partial charge in [0.25, 0.3) is 0 Å². The average Bonchev–Trinajstić information content (AvgIpc) is 2.89. The van der Waals surface area contributed by atoms with E-state index in [1.165, 1.54) is 0 Å². The van der Waals surface area contributed by atoms with Crippen molar-refractivity contribution in [2.75, 3.05) is 0 Å². The van der Waals surface area contributed by atoms with E-state index in [0.717, 1.165) is 21.2 Å². The number of carbonyl (C=O) groups excluding carboxylic acids is 1. The lowest BCUT2D eigenvalue weighted by Gasteiger charge is -1.99. The summed E-state index contributed by atoms with van der Waals surface area (Å²) in [5.74, 6) is -0.101. The van der Waals surface area contributed by atoms with Crippen LogP contribution < -0.4 is 0 Å². The largest absolute Gasteiger partial charge is 0.402 e. The molecule has 0 bridgehead atoms. The van der Waals surface area contributed by atoms with Crippen LogP contribution in [0, 0.1) is 0 Å². The number of allylic oxidation sites excluding steroid dienone is 2. The second kappa shape index (κ2) is 6.75. The Labute approximate surface area is 143 Å². The summed E-state index contributed by atoms with van der Waals surface area (Å²) in [6.07, 6.45) is 3.73. The van der Waals surface area contributed by atoms with Crippen LogP contribution in [0.1, 0.15) is 18.1 Å². The number of aliphatic imine (C=N–C) groups is 1. The number of nitrogens with zero attached hydrogens (tertiary/aromatic N) is 1. The van der Waals surface area contributed by atoms with Crippen molar-refractivity contribution in [1.29, 1.82) is 0 Å². The molecule has 0 unspecified atom stereocenters. The number of hydrogen-bond acceptors (Lipinski definition) is 3. The number of cyclic esters (lactones) is 1. The highest BCUT2D eigenvalue weighted by atomic mass is 79.9. The van der Waals surface area contributed by atoms with Crippen molar-refractivity contribution in [2.45, 2.75) is 6.92 Å². The lowest BCUT2D eigenvalue weighted by molar-refractivity contribution is -0.130. The molecule has 0 spiro atoms. The Balaban J connectivity index is 1.88. The molecule has 0 saturated carbocycles. The SMILES string of the molecule is CC(=C/c1ccccc1)/C=C1/N=C(c2cccc(Br)c2)OC1=O. The van der Waals surface area contributed by atoms with Gasteiger partial charge < -0.3 is 4.74 Å². The smallest absolute Gasteiger partial charge is 0.363 e. The van der Waals surface area contributed by atoms with E-state index in [1.54, 1.807) is 6.08 Å². The maximum absolute atomic E-state index is 12.0. The van der Waals surface area contributed by atoms with E-state index in [2.05, 4.69) is 20.9 Å². The van der Waals surface area contributed by atoms with Gasteiger partial charge >= 0.3 is 5.97 Å². The zero-order valence-electron chi connectivity index (χ0n) is 12.5. The molecule has 3 nitrogen and oxygen atoms in total. The van der Waals surface area contributed by atoms with E-state index < -0.39 is 5.97 Å². The number of ether oxygens (including phenoxy) is 1. The quantitative estimate of drug-likeness (QED) is 0.580. The standard InChI is InChI=1S/C19H14BrNO2/c1-13(10-14-6-3-2-4-7-14)11-17-19(22)23-18(21-17)15-8-5-9-16(20)12-15/h2-12H,1H3/b13-10-,17-11+. The molecular formula is C19H14BrNO2. The maximum Gasteiger partial charge on any atom is 0.363 e. The monoisotopic (exact) mass is 367 g/mol. The fourth-order valence-corrected chi connectivity index (χ4v) is 2.62. The van der Waals surface area contributed by atoms with Crippen molar-refractivity contribution in [1.82, 2.24) is 0 Å². The first kappa shape index (κ1) is 15.4. The summed E-state index contributed by atoms with van der Waals surface area (Å²) in [7, 11) is 0. The number of hydrogen-bond donors (Lipinski definition) is 0. The molecular weight excluding hydrogens is 354 g/mol. The van der Waals surface area contributed by atoms with Crippen molar-refractivity contribution in [3.63, 3.8) is 0 Å². The van der Waals surface area contributed by atoms with Gasteiger partial charge in [-0.1, -0.05) is 58.4 Å². The molecule has 0 aliphatic carbocycles. The molecule has 114 valence electrons. The molecule has 0 amide bonds. The lowest BCUT2D eigenvalue weighted by atomic mass is 10.1. The minimum atomic E-state index is -0.430. The van der Waals surface area contributed by atoms with Crippen LogP contribution in [0.15, 0.2) is 81.4 Å². The van der Waals surface area contributed by atoms with Gasteiger partial charge in [-0.3, -0.25) is 0 Å². The normalized spacial score (nSPS) is 16.4. The highest BCUT2D eigenvalue weighted by molar-refractivity contribution is 9.10. The predicted octanol–water partition coefficient (Wildman–Crippen LogP) is 4.74. The molecule has 1 aliphatic rings. The van der Waals surface area contributed by atoms with E-state index in [-0.39, 0.29) is 0 Å². The van der Waals surface area contributed by atoms with Crippen molar-refractivity contribution in [2.24, 2.45) is 4.99 Å². The summed E-state index contributed by atoms with van der Waals surface area (Å²) in [5.41, 5.74) is 3.08. The second-order valence-electron chi connectivity index (χ2n) is 5.15. The van der Waals surface area contributed by atoms with E-state index in [9.17, 15) is 4.79 Å². The first-order valence-corrected chi connectivity index (χ1v) is 7.93. The Morgan fingerprint density at radius 1 is 1.13 bits per heavy atom. The van der Waals surface area contributed by atoms with Gasteiger partial charge in [-0.25, -0.2) is 9.79 Å². The molecule has 0 fully saturated rings. The minimum Gasteiger partial charge on any atom is -0.402 e. The number of benzene rings is 2. The van der Waals surface area contributed by atoms with E-state index in [0.29, 0.717) is 11.6 Å². The van der Waals surface area contributed by atoms with Crippen molar-refractivity contribution in [3.05, 3.63) is 87.5 Å².